The Morgan fingerprint density at radius 3 is 2.55 bits per heavy atom. The van der Waals surface area contributed by atoms with E-state index >= 15 is 0 Å². The number of fused-ring (bicyclic) bond motifs is 1. The molecule has 0 aromatic heterocycles. The summed E-state index contributed by atoms with van der Waals surface area (Å²) in [6, 6.07) is 0. The second-order valence-electron chi connectivity index (χ2n) is 8.10. The Labute approximate surface area is 195 Å². The maximum atomic E-state index is 14.3. The van der Waals surface area contributed by atoms with Crippen molar-refractivity contribution in [2.45, 2.75) is 26.7 Å². The highest BCUT2D eigenvalue weighted by molar-refractivity contribution is 5.96. The van der Waals surface area contributed by atoms with Crippen molar-refractivity contribution in [3.63, 3.8) is 0 Å². The van der Waals surface area contributed by atoms with Crippen LogP contribution >= 0.6 is 0 Å². The third kappa shape index (κ3) is 8.53. The Morgan fingerprint density at radius 1 is 1.21 bits per heavy atom. The summed E-state index contributed by atoms with van der Waals surface area (Å²) in [7, 11) is 1.51. The monoisotopic (exact) mass is 460 g/mol. The number of carbonyl (C=O) groups excluding carboxylic acids is 1. The molecule has 2 unspecified atom stereocenters. The lowest BCUT2D eigenvalue weighted by Gasteiger charge is -2.22. The molecule has 1 aliphatic carbocycles. The highest BCUT2D eigenvalue weighted by atomic mass is 19.1. The van der Waals surface area contributed by atoms with Gasteiger partial charge in [-0.3, -0.25) is 9.79 Å². The first-order valence-corrected chi connectivity index (χ1v) is 11.2. The highest BCUT2D eigenvalue weighted by Gasteiger charge is 2.55. The van der Waals surface area contributed by atoms with Crippen LogP contribution in [-0.2, 0) is 9.53 Å². The van der Waals surface area contributed by atoms with Gasteiger partial charge in [-0.15, -0.1) is 0 Å². The third-order valence-corrected chi connectivity index (χ3v) is 5.69. The summed E-state index contributed by atoms with van der Waals surface area (Å²) in [4.78, 5) is 21.7. The summed E-state index contributed by atoms with van der Waals surface area (Å²) < 4.78 is 32.2. The molecule has 0 radical (unpaired) electrons. The van der Waals surface area contributed by atoms with E-state index in [-0.39, 0.29) is 24.3 Å². The zero-order chi connectivity index (χ0) is 24.2. The Hall–Kier alpha value is -2.87. The van der Waals surface area contributed by atoms with Crippen LogP contribution in [0.5, 0.6) is 0 Å². The van der Waals surface area contributed by atoms with Gasteiger partial charge in [-0.05, 0) is 62.0 Å². The molecule has 6 nitrogen and oxygen atoms in total. The molecule has 180 valence electrons. The van der Waals surface area contributed by atoms with Gasteiger partial charge in [0.2, 0.25) is 5.91 Å². The average Bonchev–Trinajstić information content (AvgIpc) is 3.22. The van der Waals surface area contributed by atoms with Crippen molar-refractivity contribution in [2.24, 2.45) is 27.7 Å². The van der Waals surface area contributed by atoms with Gasteiger partial charge in [0.05, 0.1) is 12.0 Å². The molecule has 0 aromatic carbocycles. The van der Waals surface area contributed by atoms with Crippen molar-refractivity contribution in [1.82, 2.24) is 10.2 Å². The number of hydrogen-bond donors (Lipinski definition) is 1. The largest absolute Gasteiger partial charge is 0.362 e. The molecule has 0 bridgehead atoms. The number of piperidine rings is 1. The zero-order valence-corrected chi connectivity index (χ0v) is 19.6. The van der Waals surface area contributed by atoms with Gasteiger partial charge in [-0.1, -0.05) is 25.2 Å². The molecule has 2 rings (SSSR count). The fraction of sp³-hybridized carbons (Fsp3) is 0.480. The number of rotatable bonds is 12. The van der Waals surface area contributed by atoms with E-state index in [2.05, 4.69) is 22.0 Å². The van der Waals surface area contributed by atoms with Crippen molar-refractivity contribution in [1.29, 1.82) is 0 Å². The Balaban J connectivity index is 1.79. The SMILES string of the molecule is C=N/C=C(F)\C(=N/COC)N1CC2C(CCNC(=O)/C=C/C(/C=C/CC)=C/C=C(\C)F)C2C1. The van der Waals surface area contributed by atoms with Crippen LogP contribution in [-0.4, -0.2) is 56.8 Å². The lowest BCUT2D eigenvalue weighted by Crippen LogP contribution is -2.33. The van der Waals surface area contributed by atoms with Crippen molar-refractivity contribution in [2.75, 3.05) is 33.5 Å². The first kappa shape index (κ1) is 26.4. The molecule has 2 fully saturated rings. The van der Waals surface area contributed by atoms with Gasteiger partial charge in [-0.2, -0.15) is 0 Å². The minimum Gasteiger partial charge on any atom is -0.362 e. The van der Waals surface area contributed by atoms with E-state index in [0.717, 1.165) is 37.7 Å². The minimum absolute atomic E-state index is 0.0807. The van der Waals surface area contributed by atoms with Crippen LogP contribution in [0.3, 0.4) is 0 Å². The first-order valence-electron chi connectivity index (χ1n) is 11.2. The fourth-order valence-corrected chi connectivity index (χ4v) is 4.07. The van der Waals surface area contributed by atoms with Crippen molar-refractivity contribution in [3.8, 4) is 0 Å². The Kier molecular flexibility index (Phi) is 10.9. The Morgan fingerprint density at radius 2 is 1.94 bits per heavy atom. The number of likely N-dealkylation sites (tertiary alicyclic amines) is 1. The van der Waals surface area contributed by atoms with Crippen LogP contribution in [0, 0.1) is 17.8 Å². The highest BCUT2D eigenvalue weighted by Crippen LogP contribution is 2.53. The van der Waals surface area contributed by atoms with Gasteiger partial charge in [0.1, 0.15) is 6.73 Å². The molecule has 33 heavy (non-hydrogen) atoms. The number of amides is 1. The molecule has 1 amide bonds. The molecule has 2 atom stereocenters. The maximum absolute atomic E-state index is 14.3. The summed E-state index contributed by atoms with van der Waals surface area (Å²) in [5, 5.41) is 2.91. The molecule has 8 heteroatoms. The van der Waals surface area contributed by atoms with Crippen molar-refractivity contribution >= 4 is 18.5 Å². The smallest absolute Gasteiger partial charge is 0.243 e. The van der Waals surface area contributed by atoms with Crippen molar-refractivity contribution < 1.29 is 18.3 Å². The van der Waals surface area contributed by atoms with Crippen LogP contribution < -0.4 is 5.32 Å². The summed E-state index contributed by atoms with van der Waals surface area (Å²) in [6.07, 6.45) is 12.7. The van der Waals surface area contributed by atoms with E-state index < -0.39 is 5.83 Å². The summed E-state index contributed by atoms with van der Waals surface area (Å²) >= 11 is 0. The summed E-state index contributed by atoms with van der Waals surface area (Å²) in [5.74, 6) is 0.720. The van der Waals surface area contributed by atoms with Gasteiger partial charge in [-0.25, -0.2) is 13.8 Å². The zero-order valence-electron chi connectivity index (χ0n) is 19.6. The second-order valence-corrected chi connectivity index (χ2v) is 8.10. The molecule has 1 N–H and O–H groups in total. The number of amidine groups is 1. The van der Waals surface area contributed by atoms with E-state index in [1.54, 1.807) is 12.2 Å². The van der Waals surface area contributed by atoms with Crippen LogP contribution in [0.25, 0.3) is 0 Å². The standard InChI is InChI=1S/C25H34F2N4O2/c1-5-6-7-19(9-8-18(2)26)10-11-24(32)29-13-12-20-21-15-31(16-22(20)21)25(30-17-33-4)23(27)14-28-3/h6-11,14,20-22H,3,5,12-13,15-17H2,1-2,4H3,(H,29,32)/b7-6+,11-10+,18-8+,19-9+,23-14+,30-25+. The topological polar surface area (TPSA) is 66.3 Å². The third-order valence-electron chi connectivity index (χ3n) is 5.69. The quantitative estimate of drug-likeness (QED) is 0.202. The van der Waals surface area contributed by atoms with Gasteiger partial charge in [0.25, 0.3) is 0 Å². The van der Waals surface area contributed by atoms with E-state index in [1.807, 2.05) is 24.0 Å². The molecule has 2 aliphatic rings. The molecule has 0 aromatic rings. The molecule has 1 saturated carbocycles. The summed E-state index contributed by atoms with van der Waals surface area (Å²) in [6.45, 7) is 8.78. The Bertz CT molecular complexity index is 858. The van der Waals surface area contributed by atoms with Crippen LogP contribution in [0.15, 0.2) is 69.9 Å². The van der Waals surface area contributed by atoms with Crippen molar-refractivity contribution in [3.05, 3.63) is 59.9 Å². The lowest BCUT2D eigenvalue weighted by atomic mass is 10.1. The van der Waals surface area contributed by atoms with Crippen LogP contribution in [0.1, 0.15) is 26.7 Å². The number of nitrogens with zero attached hydrogens (tertiary/aromatic N) is 3. The molecular weight excluding hydrogens is 426 g/mol. The maximum Gasteiger partial charge on any atom is 0.243 e. The number of nitrogens with one attached hydrogen (secondary N) is 1. The van der Waals surface area contributed by atoms with Gasteiger partial charge >= 0.3 is 0 Å². The predicted octanol–water partition coefficient (Wildman–Crippen LogP) is 4.51. The average molecular weight is 461 g/mol. The van der Waals surface area contributed by atoms with E-state index in [4.69, 9.17) is 4.74 Å². The van der Waals surface area contributed by atoms with Crippen LogP contribution in [0.2, 0.25) is 0 Å². The number of halogens is 2. The number of hydrogen-bond acceptors (Lipinski definition) is 4. The number of methoxy groups -OCH3 is 1. The summed E-state index contributed by atoms with van der Waals surface area (Å²) in [5.41, 5.74) is 0.750. The molecule has 1 saturated heterocycles. The number of carbonyl (C=O) groups is 1. The second kappa shape index (κ2) is 13.6. The van der Waals surface area contributed by atoms with E-state index in [0.29, 0.717) is 24.3 Å². The molecule has 1 aliphatic heterocycles. The predicted molar refractivity (Wildman–Crippen MR) is 129 cm³/mol. The van der Waals surface area contributed by atoms with E-state index in [9.17, 15) is 13.6 Å². The van der Waals surface area contributed by atoms with Gasteiger partial charge < -0.3 is 15.0 Å². The lowest BCUT2D eigenvalue weighted by molar-refractivity contribution is -0.116. The van der Waals surface area contributed by atoms with Gasteiger partial charge in [0, 0.05) is 32.8 Å². The molecular formula is C25H34F2N4O2. The number of aliphatic imine (C=N–C) groups is 2. The first-order chi connectivity index (χ1) is 15.9. The van der Waals surface area contributed by atoms with E-state index in [1.165, 1.54) is 26.2 Å². The normalized spacial score (nSPS) is 24.0. The molecule has 0 spiro atoms. The number of allylic oxidation sites excluding steroid dienone is 7. The molecule has 1 heterocycles. The van der Waals surface area contributed by atoms with Gasteiger partial charge in [0.15, 0.2) is 11.7 Å². The minimum atomic E-state index is -0.515. The fourth-order valence-electron chi connectivity index (χ4n) is 4.07. The van der Waals surface area contributed by atoms with Crippen LogP contribution in [0.4, 0.5) is 8.78 Å². The number of ether oxygens (including phenoxy) is 1.